The van der Waals surface area contributed by atoms with Crippen molar-refractivity contribution in [1.82, 2.24) is 10.1 Å². The lowest BCUT2D eigenvalue weighted by Gasteiger charge is -2.14. The summed E-state index contributed by atoms with van der Waals surface area (Å²) in [5.74, 6) is -1.98. The molecule has 2 atom stereocenters. The average Bonchev–Trinajstić information content (AvgIpc) is 3.17. The number of amides is 1. The SMILES string of the molecule is COC1=CC(c2noc(CC(N)C(=O)Nc3ccccc3C(=O)O)n2)CC=C1F. The van der Waals surface area contributed by atoms with Crippen LogP contribution in [-0.2, 0) is 16.0 Å². The van der Waals surface area contributed by atoms with Crippen LogP contribution < -0.4 is 11.1 Å². The van der Waals surface area contributed by atoms with E-state index in [9.17, 15) is 19.1 Å². The Balaban J connectivity index is 1.65. The number of aromatic carboxylic acids is 1. The number of carbonyl (C=O) groups is 2. The van der Waals surface area contributed by atoms with E-state index in [4.69, 9.17) is 15.0 Å². The molecule has 1 aromatic heterocycles. The molecule has 1 aliphatic carbocycles. The lowest BCUT2D eigenvalue weighted by molar-refractivity contribution is -0.117. The van der Waals surface area contributed by atoms with E-state index in [1.54, 1.807) is 18.2 Å². The van der Waals surface area contributed by atoms with Gasteiger partial charge in [-0.15, -0.1) is 0 Å². The first-order chi connectivity index (χ1) is 13.9. The zero-order valence-corrected chi connectivity index (χ0v) is 15.5. The number of rotatable bonds is 7. The van der Waals surface area contributed by atoms with Gasteiger partial charge in [-0.2, -0.15) is 4.98 Å². The fourth-order valence-electron chi connectivity index (χ4n) is 2.79. The van der Waals surface area contributed by atoms with Crippen molar-refractivity contribution in [1.29, 1.82) is 0 Å². The van der Waals surface area contributed by atoms with Crippen LogP contribution >= 0.6 is 0 Å². The molecule has 3 rings (SSSR count). The van der Waals surface area contributed by atoms with Crippen LogP contribution in [0.2, 0.25) is 0 Å². The molecule has 2 aromatic rings. The Kier molecular flexibility index (Phi) is 6.03. The summed E-state index contributed by atoms with van der Waals surface area (Å²) >= 11 is 0. The highest BCUT2D eigenvalue weighted by Crippen LogP contribution is 2.30. The Morgan fingerprint density at radius 2 is 2.21 bits per heavy atom. The number of nitrogens with two attached hydrogens (primary N) is 1. The van der Waals surface area contributed by atoms with Gasteiger partial charge >= 0.3 is 5.97 Å². The predicted molar refractivity (Wildman–Crippen MR) is 99.6 cm³/mol. The number of allylic oxidation sites excluding steroid dienone is 3. The summed E-state index contributed by atoms with van der Waals surface area (Å²) in [6, 6.07) is 4.94. The predicted octanol–water partition coefficient (Wildman–Crippen LogP) is 2.15. The van der Waals surface area contributed by atoms with Gasteiger partial charge in [0.2, 0.25) is 11.8 Å². The second kappa shape index (κ2) is 8.65. The van der Waals surface area contributed by atoms with E-state index in [1.165, 1.54) is 25.3 Å². The standard InChI is InChI=1S/C19H19FN4O5/c1-28-15-8-10(6-7-12(15)20)17-23-16(29-24-17)9-13(21)18(25)22-14-5-3-2-4-11(14)19(26)27/h2-5,7-8,10,13H,6,9,21H2,1H3,(H,22,25)(H,26,27). The van der Waals surface area contributed by atoms with E-state index in [2.05, 4.69) is 15.5 Å². The van der Waals surface area contributed by atoms with Gasteiger partial charge in [0, 0.05) is 5.92 Å². The van der Waals surface area contributed by atoms with Gasteiger partial charge in [-0.25, -0.2) is 9.18 Å². The van der Waals surface area contributed by atoms with Gasteiger partial charge in [-0.3, -0.25) is 4.79 Å². The van der Waals surface area contributed by atoms with E-state index in [0.29, 0.717) is 12.2 Å². The number of halogens is 1. The normalized spacial score (nSPS) is 17.1. The summed E-state index contributed by atoms with van der Waals surface area (Å²) in [5.41, 5.74) is 5.98. The van der Waals surface area contributed by atoms with Gasteiger partial charge in [0.05, 0.1) is 30.8 Å². The highest BCUT2D eigenvalue weighted by atomic mass is 19.1. The second-order valence-electron chi connectivity index (χ2n) is 6.33. The molecule has 10 heteroatoms. The number of aromatic nitrogens is 2. The van der Waals surface area contributed by atoms with Crippen molar-refractivity contribution >= 4 is 17.6 Å². The Labute approximate surface area is 165 Å². The number of hydrogen-bond donors (Lipinski definition) is 3. The number of anilines is 1. The van der Waals surface area contributed by atoms with Crippen LogP contribution in [0.3, 0.4) is 0 Å². The number of methoxy groups -OCH3 is 1. The highest BCUT2D eigenvalue weighted by Gasteiger charge is 2.24. The smallest absolute Gasteiger partial charge is 0.337 e. The van der Waals surface area contributed by atoms with Gasteiger partial charge in [0.25, 0.3) is 0 Å². The zero-order valence-electron chi connectivity index (χ0n) is 15.5. The van der Waals surface area contributed by atoms with Gasteiger partial charge in [0.15, 0.2) is 17.4 Å². The van der Waals surface area contributed by atoms with E-state index < -0.39 is 23.7 Å². The Morgan fingerprint density at radius 1 is 1.45 bits per heavy atom. The maximum atomic E-state index is 13.6. The molecule has 0 spiro atoms. The monoisotopic (exact) mass is 402 g/mol. The number of carboxylic acids is 1. The van der Waals surface area contributed by atoms with Crippen molar-refractivity contribution in [2.45, 2.75) is 24.8 Å². The number of benzene rings is 1. The van der Waals surface area contributed by atoms with Crippen LogP contribution in [0.15, 0.2) is 52.5 Å². The number of para-hydroxylation sites is 1. The summed E-state index contributed by atoms with van der Waals surface area (Å²) in [4.78, 5) is 27.8. The minimum absolute atomic E-state index is 0.0496. The van der Waals surface area contributed by atoms with Crippen molar-refractivity contribution in [3.8, 4) is 0 Å². The van der Waals surface area contributed by atoms with Crippen molar-refractivity contribution in [2.75, 3.05) is 12.4 Å². The van der Waals surface area contributed by atoms with E-state index in [1.807, 2.05) is 0 Å². The molecule has 0 radical (unpaired) electrons. The lowest BCUT2D eigenvalue weighted by atomic mass is 9.99. The van der Waals surface area contributed by atoms with Crippen LogP contribution in [0, 0.1) is 0 Å². The van der Waals surface area contributed by atoms with Gasteiger partial charge in [0.1, 0.15) is 0 Å². The largest absolute Gasteiger partial charge is 0.494 e. The number of nitrogens with one attached hydrogen (secondary N) is 1. The average molecular weight is 402 g/mol. The summed E-state index contributed by atoms with van der Waals surface area (Å²) < 4.78 is 23.7. The van der Waals surface area contributed by atoms with Crippen LogP contribution in [0.25, 0.3) is 0 Å². The van der Waals surface area contributed by atoms with E-state index in [0.717, 1.165) is 0 Å². The molecule has 1 amide bonds. The maximum Gasteiger partial charge on any atom is 0.337 e. The number of ether oxygens (including phenoxy) is 1. The first kappa shape index (κ1) is 20.2. The molecule has 0 aliphatic heterocycles. The molecule has 0 saturated carbocycles. The summed E-state index contributed by atoms with van der Waals surface area (Å²) in [6.45, 7) is 0. The third-order valence-electron chi connectivity index (χ3n) is 4.32. The highest BCUT2D eigenvalue weighted by molar-refractivity contribution is 6.02. The number of nitrogens with zero attached hydrogens (tertiary/aromatic N) is 2. The fraction of sp³-hybridized carbons (Fsp3) is 0.263. The molecule has 2 unspecified atom stereocenters. The molecule has 29 heavy (non-hydrogen) atoms. The molecule has 0 saturated heterocycles. The van der Waals surface area contributed by atoms with Crippen molar-refractivity contribution in [3.63, 3.8) is 0 Å². The molecule has 0 fully saturated rings. The maximum absolute atomic E-state index is 13.6. The van der Waals surface area contributed by atoms with Crippen LogP contribution in [0.4, 0.5) is 10.1 Å². The number of hydrogen-bond acceptors (Lipinski definition) is 7. The molecule has 1 aliphatic rings. The van der Waals surface area contributed by atoms with Gasteiger partial charge in [-0.1, -0.05) is 17.3 Å². The lowest BCUT2D eigenvalue weighted by Crippen LogP contribution is -2.37. The minimum Gasteiger partial charge on any atom is -0.494 e. The molecule has 9 nitrogen and oxygen atoms in total. The molecular weight excluding hydrogens is 383 g/mol. The quantitative estimate of drug-likeness (QED) is 0.640. The summed E-state index contributed by atoms with van der Waals surface area (Å²) in [5, 5.41) is 15.5. The Hall–Kier alpha value is -3.53. The van der Waals surface area contributed by atoms with Crippen LogP contribution in [0.1, 0.15) is 34.4 Å². The molecule has 0 bridgehead atoms. The molecule has 1 aromatic carbocycles. The topological polar surface area (TPSA) is 141 Å². The second-order valence-corrected chi connectivity index (χ2v) is 6.33. The molecule has 1 heterocycles. The molecular formula is C19H19FN4O5. The first-order valence-corrected chi connectivity index (χ1v) is 8.72. The minimum atomic E-state index is -1.17. The third-order valence-corrected chi connectivity index (χ3v) is 4.32. The first-order valence-electron chi connectivity index (χ1n) is 8.72. The van der Waals surface area contributed by atoms with Crippen LogP contribution in [0.5, 0.6) is 0 Å². The Morgan fingerprint density at radius 3 is 2.93 bits per heavy atom. The van der Waals surface area contributed by atoms with Crippen molar-refractivity contribution in [2.24, 2.45) is 5.73 Å². The molecule has 4 N–H and O–H groups in total. The number of carbonyl (C=O) groups excluding carboxylic acids is 1. The third kappa shape index (κ3) is 4.66. The van der Waals surface area contributed by atoms with Crippen molar-refractivity contribution in [3.05, 3.63) is 65.3 Å². The Bertz CT molecular complexity index is 984. The van der Waals surface area contributed by atoms with Gasteiger partial charge < -0.3 is 25.4 Å². The van der Waals surface area contributed by atoms with Crippen molar-refractivity contribution < 1.29 is 28.3 Å². The zero-order chi connectivity index (χ0) is 21.0. The van der Waals surface area contributed by atoms with Crippen LogP contribution in [-0.4, -0.2) is 40.3 Å². The fourth-order valence-corrected chi connectivity index (χ4v) is 2.79. The number of carboxylic acid groups (broad SMARTS) is 1. The molecule has 152 valence electrons. The van der Waals surface area contributed by atoms with E-state index in [-0.39, 0.29) is 35.2 Å². The van der Waals surface area contributed by atoms with E-state index >= 15 is 0 Å². The van der Waals surface area contributed by atoms with Gasteiger partial charge in [-0.05, 0) is 30.7 Å². The summed E-state index contributed by atoms with van der Waals surface area (Å²) in [7, 11) is 1.36. The summed E-state index contributed by atoms with van der Waals surface area (Å²) in [6.07, 6.45) is 3.22.